The zero-order chi connectivity index (χ0) is 27.1. The van der Waals surface area contributed by atoms with Gasteiger partial charge in [-0.3, -0.25) is 19.6 Å². The number of benzene rings is 1. The van der Waals surface area contributed by atoms with Crippen LogP contribution >= 0.6 is 0 Å². The maximum absolute atomic E-state index is 13.2. The second kappa shape index (κ2) is 15.6. The third kappa shape index (κ3) is 9.05. The SMILES string of the molecule is NC=O.O=CCCC1(CN(NCc2cc3cnccc3[nH]2)C(=O)CCCCCc2ccccc2)OCCO1. The van der Waals surface area contributed by atoms with E-state index in [1.807, 2.05) is 24.4 Å². The largest absolute Gasteiger partial charge is 0.372 e. The van der Waals surface area contributed by atoms with Gasteiger partial charge in [-0.1, -0.05) is 36.8 Å². The molecule has 4 N–H and O–H groups in total. The van der Waals surface area contributed by atoms with Crippen LogP contribution in [0.25, 0.3) is 10.9 Å². The van der Waals surface area contributed by atoms with Crippen LogP contribution in [0.2, 0.25) is 0 Å². The number of carbonyl (C=O) groups is 3. The molecule has 1 aliphatic heterocycles. The van der Waals surface area contributed by atoms with Gasteiger partial charge in [0.1, 0.15) is 6.29 Å². The fraction of sp³-hybridized carbons (Fsp3) is 0.429. The number of primary amides is 1. The highest BCUT2D eigenvalue weighted by atomic mass is 16.7. The highest BCUT2D eigenvalue weighted by Gasteiger charge is 2.39. The van der Waals surface area contributed by atoms with Gasteiger partial charge in [-0.25, -0.2) is 5.43 Å². The molecule has 0 spiro atoms. The molecule has 1 aromatic carbocycles. The maximum Gasteiger partial charge on any atom is 0.236 e. The second-order valence-corrected chi connectivity index (χ2v) is 9.07. The number of nitrogens with zero attached hydrogens (tertiary/aromatic N) is 2. The highest BCUT2D eigenvalue weighted by Crippen LogP contribution is 2.26. The fourth-order valence-electron chi connectivity index (χ4n) is 4.43. The normalized spacial score (nSPS) is 14.0. The average Bonchev–Trinajstić information content (AvgIpc) is 3.58. The molecule has 0 aliphatic carbocycles. The van der Waals surface area contributed by atoms with E-state index >= 15 is 0 Å². The third-order valence-electron chi connectivity index (χ3n) is 6.29. The van der Waals surface area contributed by atoms with Gasteiger partial charge in [-0.2, -0.15) is 0 Å². The van der Waals surface area contributed by atoms with E-state index in [2.05, 4.69) is 45.4 Å². The van der Waals surface area contributed by atoms with Crippen LogP contribution in [0.4, 0.5) is 0 Å². The van der Waals surface area contributed by atoms with E-state index in [1.165, 1.54) is 5.56 Å². The molecule has 1 fully saturated rings. The number of ether oxygens (including phenoxy) is 2. The van der Waals surface area contributed by atoms with Crippen molar-refractivity contribution in [3.05, 3.63) is 66.1 Å². The monoisotopic (exact) mass is 523 g/mol. The summed E-state index contributed by atoms with van der Waals surface area (Å²) in [5.41, 5.74) is 10.7. The van der Waals surface area contributed by atoms with Gasteiger partial charge in [0.15, 0.2) is 5.79 Å². The van der Waals surface area contributed by atoms with Gasteiger partial charge in [0.05, 0.1) is 26.3 Å². The first-order valence-electron chi connectivity index (χ1n) is 13.0. The van der Waals surface area contributed by atoms with Crippen LogP contribution in [0.15, 0.2) is 54.9 Å². The summed E-state index contributed by atoms with van der Waals surface area (Å²) in [6, 6.07) is 14.3. The van der Waals surface area contributed by atoms with Crippen molar-refractivity contribution in [1.82, 2.24) is 20.4 Å². The number of aromatic amines is 1. The summed E-state index contributed by atoms with van der Waals surface area (Å²) in [5.74, 6) is -0.964. The van der Waals surface area contributed by atoms with Crippen LogP contribution in [-0.4, -0.2) is 59.1 Å². The molecule has 3 aromatic rings. The van der Waals surface area contributed by atoms with Crippen molar-refractivity contribution < 1.29 is 23.9 Å². The predicted octanol–water partition coefficient (Wildman–Crippen LogP) is 3.02. The first-order valence-corrected chi connectivity index (χ1v) is 13.0. The molecule has 10 heteroatoms. The van der Waals surface area contributed by atoms with Crippen molar-refractivity contribution >= 4 is 29.5 Å². The average molecular weight is 524 g/mol. The lowest BCUT2D eigenvalue weighted by Crippen LogP contribution is -2.52. The lowest BCUT2D eigenvalue weighted by molar-refractivity contribution is -0.186. The molecule has 1 saturated heterocycles. The van der Waals surface area contributed by atoms with Gasteiger partial charge in [-0.05, 0) is 37.0 Å². The number of aldehydes is 1. The van der Waals surface area contributed by atoms with E-state index in [-0.39, 0.29) is 18.9 Å². The Morgan fingerprint density at radius 2 is 1.89 bits per heavy atom. The zero-order valence-corrected chi connectivity index (χ0v) is 21.6. The van der Waals surface area contributed by atoms with Crippen LogP contribution in [0.5, 0.6) is 0 Å². The number of nitrogens with one attached hydrogen (secondary N) is 2. The summed E-state index contributed by atoms with van der Waals surface area (Å²) in [5, 5.41) is 2.63. The summed E-state index contributed by atoms with van der Waals surface area (Å²) < 4.78 is 11.8. The summed E-state index contributed by atoms with van der Waals surface area (Å²) in [4.78, 5) is 40.3. The van der Waals surface area contributed by atoms with E-state index in [0.717, 1.165) is 48.6 Å². The van der Waals surface area contributed by atoms with Crippen LogP contribution in [0, 0.1) is 0 Å². The number of H-pyrrole nitrogens is 1. The number of nitrogens with two attached hydrogens (primary N) is 1. The lowest BCUT2D eigenvalue weighted by atomic mass is 10.1. The maximum atomic E-state index is 13.2. The Hall–Kier alpha value is -3.60. The molecule has 4 rings (SSSR count). The van der Waals surface area contributed by atoms with Crippen molar-refractivity contribution in [2.75, 3.05) is 19.8 Å². The van der Waals surface area contributed by atoms with Gasteiger partial charge < -0.3 is 25.0 Å². The Morgan fingerprint density at radius 3 is 2.61 bits per heavy atom. The molecular weight excluding hydrogens is 486 g/mol. The van der Waals surface area contributed by atoms with Crippen LogP contribution in [-0.2, 0) is 36.8 Å². The summed E-state index contributed by atoms with van der Waals surface area (Å²) >= 11 is 0. The molecule has 0 atom stereocenters. The molecule has 38 heavy (non-hydrogen) atoms. The van der Waals surface area contributed by atoms with E-state index in [1.54, 1.807) is 11.2 Å². The number of hydrogen-bond donors (Lipinski definition) is 3. The van der Waals surface area contributed by atoms with Gasteiger partial charge in [0, 0.05) is 48.3 Å². The highest BCUT2D eigenvalue weighted by molar-refractivity contribution is 5.79. The molecule has 0 saturated carbocycles. The van der Waals surface area contributed by atoms with Crippen LogP contribution in [0.3, 0.4) is 0 Å². The van der Waals surface area contributed by atoms with E-state index in [9.17, 15) is 9.59 Å². The van der Waals surface area contributed by atoms with Crippen molar-refractivity contribution in [3.63, 3.8) is 0 Å². The number of hydrazine groups is 1. The summed E-state index contributed by atoms with van der Waals surface area (Å²) in [6.45, 7) is 1.58. The molecular formula is C28H37N5O5. The number of amides is 2. The predicted molar refractivity (Wildman–Crippen MR) is 143 cm³/mol. The number of hydrogen-bond acceptors (Lipinski definition) is 7. The van der Waals surface area contributed by atoms with Crippen molar-refractivity contribution in [2.24, 2.45) is 5.73 Å². The summed E-state index contributed by atoms with van der Waals surface area (Å²) in [6.07, 6.45) is 9.68. The van der Waals surface area contributed by atoms with Crippen molar-refractivity contribution in [3.8, 4) is 0 Å². The smallest absolute Gasteiger partial charge is 0.236 e. The van der Waals surface area contributed by atoms with E-state index < -0.39 is 5.79 Å². The molecule has 2 amide bonds. The van der Waals surface area contributed by atoms with Crippen LogP contribution < -0.4 is 11.2 Å². The zero-order valence-electron chi connectivity index (χ0n) is 21.6. The molecule has 2 aromatic heterocycles. The number of fused-ring (bicyclic) bond motifs is 1. The van der Waals surface area contributed by atoms with Gasteiger partial charge in [0.2, 0.25) is 12.3 Å². The number of unbranched alkanes of at least 4 members (excludes halogenated alkanes) is 2. The number of pyridine rings is 1. The molecule has 10 nitrogen and oxygen atoms in total. The van der Waals surface area contributed by atoms with Crippen molar-refractivity contribution in [1.29, 1.82) is 0 Å². The minimum absolute atomic E-state index is 0.00735. The van der Waals surface area contributed by atoms with E-state index in [0.29, 0.717) is 39.0 Å². The van der Waals surface area contributed by atoms with Gasteiger partial charge in [-0.15, -0.1) is 0 Å². The Morgan fingerprint density at radius 1 is 1.13 bits per heavy atom. The minimum atomic E-state index is -0.957. The molecule has 3 heterocycles. The number of carbonyl (C=O) groups excluding carboxylic acids is 3. The van der Waals surface area contributed by atoms with E-state index in [4.69, 9.17) is 14.3 Å². The second-order valence-electron chi connectivity index (χ2n) is 9.07. The van der Waals surface area contributed by atoms with Gasteiger partial charge >= 0.3 is 0 Å². The Kier molecular flexibility index (Phi) is 11.9. The quantitative estimate of drug-likeness (QED) is 0.168. The third-order valence-corrected chi connectivity index (χ3v) is 6.29. The number of aryl methyl sites for hydroxylation is 1. The number of aromatic nitrogens is 2. The standard InChI is InChI=1S/C27H34N4O4.CH3NO/c32-15-7-13-27(34-16-17-35-27)21-31(29-20-24-18-23-19-28-14-12-25(23)30-24)26(33)11-6-2-5-10-22-8-3-1-4-9-22;2-1-3/h1,3-4,8-9,12,14-15,18-19,29-30H,2,5-7,10-11,13,16-17,20-21H2;1H,(H2,2,3). The Bertz CT molecular complexity index is 1100. The molecule has 0 bridgehead atoms. The minimum Gasteiger partial charge on any atom is -0.372 e. The lowest BCUT2D eigenvalue weighted by Gasteiger charge is -2.34. The Balaban J connectivity index is 0.00000127. The number of rotatable bonds is 14. The topological polar surface area (TPSA) is 140 Å². The fourth-order valence-corrected chi connectivity index (χ4v) is 4.43. The molecule has 204 valence electrons. The first-order chi connectivity index (χ1) is 18.6. The molecule has 1 aliphatic rings. The molecule has 0 unspecified atom stereocenters. The Labute approximate surface area is 222 Å². The molecule has 0 radical (unpaired) electrons. The van der Waals surface area contributed by atoms with Crippen molar-refractivity contribution in [2.45, 2.75) is 57.3 Å². The first kappa shape index (κ1) is 29.0. The van der Waals surface area contributed by atoms with Crippen LogP contribution in [0.1, 0.15) is 49.8 Å². The van der Waals surface area contributed by atoms with Gasteiger partial charge in [0.25, 0.3) is 0 Å². The summed E-state index contributed by atoms with van der Waals surface area (Å²) in [7, 11) is 0.